The van der Waals surface area contributed by atoms with Gasteiger partial charge in [-0.25, -0.2) is 0 Å². The van der Waals surface area contributed by atoms with Crippen molar-refractivity contribution in [1.29, 1.82) is 0 Å². The van der Waals surface area contributed by atoms with Crippen molar-refractivity contribution in [3.8, 4) is 5.75 Å². The number of piperidine rings is 1. The van der Waals surface area contributed by atoms with E-state index in [1.807, 2.05) is 60.9 Å². The minimum absolute atomic E-state index is 0.186. The molecule has 0 aliphatic carbocycles. The number of ether oxygens (including phenoxy) is 1. The van der Waals surface area contributed by atoms with Gasteiger partial charge in [-0.3, -0.25) is 9.59 Å². The summed E-state index contributed by atoms with van der Waals surface area (Å²) in [6.45, 7) is 11.2. The quantitative estimate of drug-likeness (QED) is 0.742. The Morgan fingerprint density at radius 3 is 2.10 bits per heavy atom. The molecule has 6 nitrogen and oxygen atoms in total. The molecular formula is C24H37N3O3. The molecule has 2 aliphatic heterocycles. The van der Waals surface area contributed by atoms with Gasteiger partial charge in [0.05, 0.1) is 6.61 Å². The van der Waals surface area contributed by atoms with Crippen LogP contribution in [0.25, 0.3) is 0 Å². The second-order valence-corrected chi connectivity index (χ2v) is 10.0. The average Bonchev–Trinajstić information content (AvgIpc) is 2.73. The number of piperazine rings is 1. The van der Waals surface area contributed by atoms with Gasteiger partial charge < -0.3 is 19.4 Å². The minimum atomic E-state index is -0.379. The van der Waals surface area contributed by atoms with Gasteiger partial charge in [-0.05, 0) is 32.0 Å². The molecular weight excluding hydrogens is 378 g/mol. The van der Waals surface area contributed by atoms with Crippen molar-refractivity contribution in [1.82, 2.24) is 14.7 Å². The van der Waals surface area contributed by atoms with Gasteiger partial charge in [-0.2, -0.15) is 0 Å². The zero-order chi connectivity index (χ0) is 21.8. The SMILES string of the molecule is CN1CCN(C(=O)CC2(COc3ccccc3)CCN(C(=O)C(C)(C)C)CC2)CC1. The van der Waals surface area contributed by atoms with Crippen molar-refractivity contribution in [2.75, 3.05) is 52.9 Å². The summed E-state index contributed by atoms with van der Waals surface area (Å²) < 4.78 is 6.13. The first-order valence-corrected chi connectivity index (χ1v) is 11.1. The van der Waals surface area contributed by atoms with Crippen LogP contribution in [0.15, 0.2) is 30.3 Å². The van der Waals surface area contributed by atoms with Crippen LogP contribution in [0.5, 0.6) is 5.75 Å². The predicted octanol–water partition coefficient (Wildman–Crippen LogP) is 2.88. The van der Waals surface area contributed by atoms with Gasteiger partial charge in [0.15, 0.2) is 0 Å². The molecule has 0 aromatic heterocycles. The van der Waals surface area contributed by atoms with E-state index in [9.17, 15) is 9.59 Å². The molecule has 166 valence electrons. The lowest BCUT2D eigenvalue weighted by atomic mass is 9.75. The fraction of sp³-hybridized carbons (Fsp3) is 0.667. The molecule has 0 bridgehead atoms. The number of para-hydroxylation sites is 1. The summed E-state index contributed by atoms with van der Waals surface area (Å²) in [6.07, 6.45) is 2.07. The fourth-order valence-electron chi connectivity index (χ4n) is 4.27. The number of carbonyl (C=O) groups is 2. The molecule has 0 radical (unpaired) electrons. The second-order valence-electron chi connectivity index (χ2n) is 10.0. The molecule has 2 amide bonds. The molecule has 3 rings (SSSR count). The van der Waals surface area contributed by atoms with E-state index in [1.54, 1.807) is 0 Å². The van der Waals surface area contributed by atoms with Gasteiger partial charge in [0.2, 0.25) is 11.8 Å². The van der Waals surface area contributed by atoms with Crippen LogP contribution in [0.4, 0.5) is 0 Å². The van der Waals surface area contributed by atoms with E-state index < -0.39 is 0 Å². The Labute approximate surface area is 181 Å². The highest BCUT2D eigenvalue weighted by Crippen LogP contribution is 2.37. The van der Waals surface area contributed by atoms with Crippen LogP contribution in [-0.4, -0.2) is 79.4 Å². The van der Waals surface area contributed by atoms with E-state index in [4.69, 9.17) is 4.74 Å². The Hall–Kier alpha value is -2.08. The lowest BCUT2D eigenvalue weighted by Gasteiger charge is -2.44. The molecule has 0 unspecified atom stereocenters. The molecule has 0 atom stereocenters. The minimum Gasteiger partial charge on any atom is -0.493 e. The maximum Gasteiger partial charge on any atom is 0.227 e. The van der Waals surface area contributed by atoms with Crippen LogP contribution in [0.1, 0.15) is 40.0 Å². The Balaban J connectivity index is 1.68. The normalized spacial score (nSPS) is 20.1. The van der Waals surface area contributed by atoms with Gasteiger partial charge in [0.1, 0.15) is 5.75 Å². The third kappa shape index (κ3) is 5.75. The highest BCUT2D eigenvalue weighted by atomic mass is 16.5. The van der Waals surface area contributed by atoms with E-state index in [0.717, 1.165) is 44.8 Å². The van der Waals surface area contributed by atoms with E-state index in [0.29, 0.717) is 26.1 Å². The molecule has 2 saturated heterocycles. The molecule has 0 saturated carbocycles. The van der Waals surface area contributed by atoms with Crippen molar-refractivity contribution in [3.05, 3.63) is 30.3 Å². The van der Waals surface area contributed by atoms with Crippen LogP contribution in [0.3, 0.4) is 0 Å². The van der Waals surface area contributed by atoms with Gasteiger partial charge >= 0.3 is 0 Å². The third-order valence-corrected chi connectivity index (χ3v) is 6.42. The van der Waals surface area contributed by atoms with Crippen molar-refractivity contribution in [2.45, 2.75) is 40.0 Å². The number of hydrogen-bond donors (Lipinski definition) is 0. The third-order valence-electron chi connectivity index (χ3n) is 6.42. The fourth-order valence-corrected chi connectivity index (χ4v) is 4.27. The average molecular weight is 416 g/mol. The van der Waals surface area contributed by atoms with Crippen molar-refractivity contribution in [2.24, 2.45) is 10.8 Å². The number of rotatable bonds is 5. The molecule has 1 aromatic rings. The van der Waals surface area contributed by atoms with E-state index in [2.05, 4.69) is 11.9 Å². The first-order valence-electron chi connectivity index (χ1n) is 11.1. The summed E-state index contributed by atoms with van der Waals surface area (Å²) in [4.78, 5) is 32.1. The predicted molar refractivity (Wildman–Crippen MR) is 118 cm³/mol. The Bertz CT molecular complexity index is 713. The molecule has 0 N–H and O–H groups in total. The summed E-state index contributed by atoms with van der Waals surface area (Å²) in [7, 11) is 2.10. The number of nitrogens with zero attached hydrogens (tertiary/aromatic N) is 3. The summed E-state index contributed by atoms with van der Waals surface area (Å²) >= 11 is 0. The zero-order valence-electron chi connectivity index (χ0n) is 19.0. The summed E-state index contributed by atoms with van der Waals surface area (Å²) in [5.41, 5.74) is -0.610. The first-order chi connectivity index (χ1) is 14.2. The molecule has 2 fully saturated rings. The number of amides is 2. The van der Waals surface area contributed by atoms with Crippen molar-refractivity contribution in [3.63, 3.8) is 0 Å². The monoisotopic (exact) mass is 415 g/mol. The molecule has 1 aromatic carbocycles. The lowest BCUT2D eigenvalue weighted by molar-refractivity contribution is -0.144. The molecule has 30 heavy (non-hydrogen) atoms. The number of likely N-dealkylation sites (tertiary alicyclic amines) is 1. The van der Waals surface area contributed by atoms with Crippen LogP contribution in [0, 0.1) is 10.8 Å². The van der Waals surface area contributed by atoms with Crippen LogP contribution >= 0.6 is 0 Å². The molecule has 2 heterocycles. The van der Waals surface area contributed by atoms with Crippen molar-refractivity contribution < 1.29 is 14.3 Å². The molecule has 0 spiro atoms. The highest BCUT2D eigenvalue weighted by molar-refractivity contribution is 5.81. The highest BCUT2D eigenvalue weighted by Gasteiger charge is 2.41. The van der Waals surface area contributed by atoms with Crippen molar-refractivity contribution >= 4 is 11.8 Å². The number of benzene rings is 1. The van der Waals surface area contributed by atoms with E-state index in [1.165, 1.54) is 0 Å². The number of carbonyl (C=O) groups excluding carboxylic acids is 2. The van der Waals surface area contributed by atoms with Gasteiger partial charge in [0.25, 0.3) is 0 Å². The molecule has 2 aliphatic rings. The number of hydrogen-bond acceptors (Lipinski definition) is 4. The number of likely N-dealkylation sites (N-methyl/N-ethyl adjacent to an activating group) is 1. The Morgan fingerprint density at radius 1 is 0.933 bits per heavy atom. The largest absolute Gasteiger partial charge is 0.493 e. The van der Waals surface area contributed by atoms with E-state index in [-0.39, 0.29) is 22.6 Å². The molecule has 6 heteroatoms. The van der Waals surface area contributed by atoms with Crippen LogP contribution < -0.4 is 4.74 Å². The Kier molecular flexibility index (Phi) is 7.06. The Morgan fingerprint density at radius 2 is 1.53 bits per heavy atom. The maximum atomic E-state index is 13.1. The van der Waals surface area contributed by atoms with Gasteiger partial charge in [-0.1, -0.05) is 39.0 Å². The second kappa shape index (κ2) is 9.38. The van der Waals surface area contributed by atoms with E-state index >= 15 is 0 Å². The zero-order valence-corrected chi connectivity index (χ0v) is 19.0. The van der Waals surface area contributed by atoms with Crippen LogP contribution in [-0.2, 0) is 9.59 Å². The van der Waals surface area contributed by atoms with Gasteiger partial charge in [-0.15, -0.1) is 0 Å². The van der Waals surface area contributed by atoms with Crippen LogP contribution in [0.2, 0.25) is 0 Å². The smallest absolute Gasteiger partial charge is 0.227 e. The summed E-state index contributed by atoms with van der Waals surface area (Å²) in [6, 6.07) is 9.79. The summed E-state index contributed by atoms with van der Waals surface area (Å²) in [5, 5.41) is 0. The first kappa shape index (κ1) is 22.6. The van der Waals surface area contributed by atoms with Gasteiger partial charge in [0, 0.05) is 56.5 Å². The standard InChI is InChI=1S/C24H37N3O3/c1-23(2,3)22(29)27-12-10-24(11-13-27,19-30-20-8-6-5-7-9-20)18-21(28)26-16-14-25(4)15-17-26/h5-9H,10-19H2,1-4H3. The lowest BCUT2D eigenvalue weighted by Crippen LogP contribution is -2.52. The summed E-state index contributed by atoms with van der Waals surface area (Å²) in [5.74, 6) is 1.23. The topological polar surface area (TPSA) is 53.1 Å². The maximum absolute atomic E-state index is 13.1.